The number of hydrogen-bond acceptors (Lipinski definition) is 3. The number of benzene rings is 3. The van der Waals surface area contributed by atoms with Gasteiger partial charge in [0.1, 0.15) is 0 Å². The highest BCUT2D eigenvalue weighted by Crippen LogP contribution is 2.44. The molecule has 0 aliphatic heterocycles. The minimum atomic E-state index is -1.12. The Morgan fingerprint density at radius 2 is 1.29 bits per heavy atom. The number of methoxy groups -OCH3 is 1. The van der Waals surface area contributed by atoms with Crippen LogP contribution < -0.4 is 0 Å². The molecule has 0 aromatic heterocycles. The van der Waals surface area contributed by atoms with Crippen molar-refractivity contribution in [3.05, 3.63) is 102 Å². The largest absolute Gasteiger partial charge is 0.356 e. The number of carbonyl (C=O) groups is 1. The van der Waals surface area contributed by atoms with Gasteiger partial charge in [-0.05, 0) is 12.1 Å². The number of carbonyl (C=O) groups excluding carboxylic acids is 1. The molecule has 24 heavy (non-hydrogen) atoms. The van der Waals surface area contributed by atoms with Crippen molar-refractivity contribution in [1.82, 2.24) is 0 Å². The molecule has 0 saturated carbocycles. The summed E-state index contributed by atoms with van der Waals surface area (Å²) in [5.74, 6) is -0.0642. The van der Waals surface area contributed by atoms with Gasteiger partial charge in [-0.1, -0.05) is 90.6 Å². The van der Waals surface area contributed by atoms with Crippen LogP contribution in [0.4, 0.5) is 0 Å². The number of ketones is 1. The van der Waals surface area contributed by atoms with Gasteiger partial charge >= 0.3 is 0 Å². The molecule has 0 aliphatic carbocycles. The van der Waals surface area contributed by atoms with Crippen LogP contribution in [0, 0.1) is 0 Å². The molecule has 0 radical (unpaired) electrons. The topological polar surface area (TPSA) is 26.3 Å². The summed E-state index contributed by atoms with van der Waals surface area (Å²) in [6.07, 6.45) is 0. The van der Waals surface area contributed by atoms with Crippen LogP contribution in [-0.2, 0) is 9.67 Å². The molecule has 0 amide bonds. The lowest BCUT2D eigenvalue weighted by Crippen LogP contribution is -2.34. The fourth-order valence-electron chi connectivity index (χ4n) is 2.58. The molecule has 0 aliphatic rings. The van der Waals surface area contributed by atoms with Crippen LogP contribution in [0.2, 0.25) is 0 Å². The Morgan fingerprint density at radius 3 is 1.83 bits per heavy atom. The van der Waals surface area contributed by atoms with Crippen LogP contribution in [0.15, 0.2) is 95.9 Å². The van der Waals surface area contributed by atoms with Gasteiger partial charge in [0, 0.05) is 23.1 Å². The molecule has 2 nitrogen and oxygen atoms in total. The Morgan fingerprint density at radius 1 is 0.792 bits per heavy atom. The van der Waals surface area contributed by atoms with E-state index in [2.05, 4.69) is 0 Å². The monoisotopic (exact) mass is 334 g/mol. The zero-order chi connectivity index (χ0) is 16.8. The van der Waals surface area contributed by atoms with Crippen molar-refractivity contribution in [2.45, 2.75) is 9.83 Å². The van der Waals surface area contributed by atoms with Crippen LogP contribution in [0.3, 0.4) is 0 Å². The Hall–Kier alpha value is -2.36. The second-order valence-electron chi connectivity index (χ2n) is 5.30. The second kappa shape index (κ2) is 7.47. The number of thioether (sulfide) groups is 1. The molecule has 0 N–H and O–H groups in total. The maximum Gasteiger partial charge on any atom is 0.210 e. The number of rotatable bonds is 6. The molecule has 3 aromatic carbocycles. The molecule has 0 bridgehead atoms. The fraction of sp³-hybridized carbons (Fsp3) is 0.0952. The van der Waals surface area contributed by atoms with E-state index in [1.165, 1.54) is 11.8 Å². The average Bonchev–Trinajstić information content (AvgIpc) is 2.68. The molecule has 0 fully saturated rings. The van der Waals surface area contributed by atoms with E-state index in [0.717, 1.165) is 10.5 Å². The van der Waals surface area contributed by atoms with E-state index in [9.17, 15) is 4.79 Å². The maximum absolute atomic E-state index is 13.4. The standard InChI is InChI=1S/C21H18O2S/c1-23-21(18-13-7-3-8-14-18,24-19-15-9-4-10-16-19)20(22)17-11-5-2-6-12-17/h2-16H,1H3. The van der Waals surface area contributed by atoms with E-state index < -0.39 is 4.93 Å². The lowest BCUT2D eigenvalue weighted by molar-refractivity contribution is 0.0468. The van der Waals surface area contributed by atoms with E-state index in [1.54, 1.807) is 7.11 Å². The first-order chi connectivity index (χ1) is 11.8. The van der Waals surface area contributed by atoms with Crippen LogP contribution in [0.1, 0.15) is 15.9 Å². The van der Waals surface area contributed by atoms with Crippen molar-refractivity contribution < 1.29 is 9.53 Å². The number of ether oxygens (including phenoxy) is 1. The van der Waals surface area contributed by atoms with Gasteiger partial charge in [-0.25, -0.2) is 0 Å². The summed E-state index contributed by atoms with van der Waals surface area (Å²) in [6.45, 7) is 0. The first-order valence-electron chi connectivity index (χ1n) is 7.71. The molecule has 0 heterocycles. The van der Waals surface area contributed by atoms with E-state index in [-0.39, 0.29) is 5.78 Å². The first-order valence-corrected chi connectivity index (χ1v) is 8.52. The zero-order valence-electron chi connectivity index (χ0n) is 13.4. The quantitative estimate of drug-likeness (QED) is 0.354. The van der Waals surface area contributed by atoms with Gasteiger partial charge < -0.3 is 4.74 Å². The molecular formula is C21H18O2S. The van der Waals surface area contributed by atoms with Gasteiger partial charge in [0.2, 0.25) is 10.7 Å². The van der Waals surface area contributed by atoms with Crippen molar-refractivity contribution in [2.75, 3.05) is 7.11 Å². The maximum atomic E-state index is 13.4. The summed E-state index contributed by atoms with van der Waals surface area (Å²) in [5.41, 5.74) is 1.46. The molecule has 3 rings (SSSR count). The van der Waals surface area contributed by atoms with Gasteiger partial charge in [0.25, 0.3) is 0 Å². The minimum absolute atomic E-state index is 0.0642. The van der Waals surface area contributed by atoms with Crippen molar-refractivity contribution in [3.63, 3.8) is 0 Å². The van der Waals surface area contributed by atoms with E-state index in [0.29, 0.717) is 5.56 Å². The molecule has 3 aromatic rings. The van der Waals surface area contributed by atoms with E-state index in [4.69, 9.17) is 4.74 Å². The Balaban J connectivity index is 2.11. The summed E-state index contributed by atoms with van der Waals surface area (Å²) in [5, 5.41) is 0. The third-order valence-corrected chi connectivity index (χ3v) is 5.16. The summed E-state index contributed by atoms with van der Waals surface area (Å²) in [4.78, 5) is 13.2. The van der Waals surface area contributed by atoms with Crippen molar-refractivity contribution in [1.29, 1.82) is 0 Å². The van der Waals surface area contributed by atoms with Crippen molar-refractivity contribution in [2.24, 2.45) is 0 Å². The molecule has 0 saturated heterocycles. The highest BCUT2D eigenvalue weighted by molar-refractivity contribution is 8.00. The van der Waals surface area contributed by atoms with Crippen LogP contribution in [0.5, 0.6) is 0 Å². The summed E-state index contributed by atoms with van der Waals surface area (Å²) < 4.78 is 5.86. The van der Waals surface area contributed by atoms with Crippen LogP contribution in [-0.4, -0.2) is 12.9 Å². The zero-order valence-corrected chi connectivity index (χ0v) is 14.2. The minimum Gasteiger partial charge on any atom is -0.356 e. The van der Waals surface area contributed by atoms with E-state index >= 15 is 0 Å². The molecular weight excluding hydrogens is 316 g/mol. The first kappa shape index (κ1) is 16.5. The van der Waals surface area contributed by atoms with Crippen molar-refractivity contribution >= 4 is 17.5 Å². The molecule has 1 atom stereocenters. The number of hydrogen-bond donors (Lipinski definition) is 0. The molecule has 120 valence electrons. The predicted molar refractivity (Wildman–Crippen MR) is 98.2 cm³/mol. The highest BCUT2D eigenvalue weighted by Gasteiger charge is 2.42. The van der Waals surface area contributed by atoms with E-state index in [1.807, 2.05) is 91.0 Å². The number of Topliss-reactive ketones (excluding diaryl/α,β-unsaturated/α-hetero) is 1. The third kappa shape index (κ3) is 3.28. The second-order valence-corrected chi connectivity index (χ2v) is 6.55. The third-order valence-electron chi connectivity index (χ3n) is 3.78. The van der Waals surface area contributed by atoms with Crippen molar-refractivity contribution in [3.8, 4) is 0 Å². The Labute approximate surface area is 146 Å². The normalized spacial score (nSPS) is 13.2. The summed E-state index contributed by atoms with van der Waals surface area (Å²) in [6, 6.07) is 28.8. The highest BCUT2D eigenvalue weighted by atomic mass is 32.2. The lowest BCUT2D eigenvalue weighted by atomic mass is 9.99. The smallest absolute Gasteiger partial charge is 0.210 e. The Kier molecular flexibility index (Phi) is 5.14. The summed E-state index contributed by atoms with van der Waals surface area (Å²) in [7, 11) is 1.59. The predicted octanol–water partition coefficient (Wildman–Crippen LogP) is 5.16. The fourth-order valence-corrected chi connectivity index (χ4v) is 3.75. The van der Waals surface area contributed by atoms with Gasteiger partial charge in [-0.15, -0.1) is 0 Å². The van der Waals surface area contributed by atoms with Crippen LogP contribution >= 0.6 is 11.8 Å². The van der Waals surface area contributed by atoms with Gasteiger partial charge in [-0.2, -0.15) is 0 Å². The van der Waals surface area contributed by atoms with Gasteiger partial charge in [-0.3, -0.25) is 4.79 Å². The Bertz CT molecular complexity index is 788. The average molecular weight is 334 g/mol. The molecule has 3 heteroatoms. The molecule has 0 spiro atoms. The van der Waals surface area contributed by atoms with Gasteiger partial charge in [0.15, 0.2) is 0 Å². The lowest BCUT2D eigenvalue weighted by Gasteiger charge is -2.31. The molecule has 1 unspecified atom stereocenters. The SMILES string of the molecule is COC(Sc1ccccc1)(C(=O)c1ccccc1)c1ccccc1. The summed E-state index contributed by atoms with van der Waals surface area (Å²) >= 11 is 1.42. The van der Waals surface area contributed by atoms with Crippen LogP contribution in [0.25, 0.3) is 0 Å². The van der Waals surface area contributed by atoms with Gasteiger partial charge in [0.05, 0.1) is 0 Å².